The highest BCUT2D eigenvalue weighted by Crippen LogP contribution is 2.33. The summed E-state index contributed by atoms with van der Waals surface area (Å²) in [5.41, 5.74) is 3.47. The molecule has 0 aliphatic carbocycles. The number of hydrogen-bond donors (Lipinski definition) is 1. The van der Waals surface area contributed by atoms with Crippen LogP contribution >= 0.6 is 0 Å². The molecule has 2 heterocycles. The maximum absolute atomic E-state index is 12.8. The summed E-state index contributed by atoms with van der Waals surface area (Å²) in [6, 6.07) is 17.3. The van der Waals surface area contributed by atoms with Crippen LogP contribution in [0.2, 0.25) is 0 Å². The van der Waals surface area contributed by atoms with Gasteiger partial charge in [0.1, 0.15) is 22.9 Å². The Balaban J connectivity index is 1.54. The molecule has 1 aliphatic rings. The second-order valence-electron chi connectivity index (χ2n) is 6.43. The van der Waals surface area contributed by atoms with Gasteiger partial charge in [-0.25, -0.2) is 4.98 Å². The lowest BCUT2D eigenvalue weighted by atomic mass is 10.1. The van der Waals surface area contributed by atoms with E-state index in [1.54, 1.807) is 24.4 Å². The number of ether oxygens (including phenoxy) is 2. The molecule has 2 aromatic carbocycles. The minimum Gasteiger partial charge on any atom is -0.496 e. The lowest BCUT2D eigenvalue weighted by Gasteiger charge is -2.18. The number of benzene rings is 2. The molecule has 1 aliphatic heterocycles. The number of carbonyl (C=O) groups is 1. The predicted molar refractivity (Wildman–Crippen MR) is 109 cm³/mol. The molecule has 0 bridgehead atoms. The number of anilines is 3. The summed E-state index contributed by atoms with van der Waals surface area (Å²) in [6.07, 6.45) is 2.67. The minimum absolute atomic E-state index is 0.310. The van der Waals surface area contributed by atoms with Gasteiger partial charge < -0.3 is 19.7 Å². The summed E-state index contributed by atoms with van der Waals surface area (Å²) in [6.45, 7) is 0.899. The second kappa shape index (κ2) is 7.60. The van der Waals surface area contributed by atoms with Crippen LogP contribution in [0.5, 0.6) is 11.5 Å². The maximum atomic E-state index is 12.8. The zero-order valence-corrected chi connectivity index (χ0v) is 15.8. The molecule has 3 aromatic rings. The van der Waals surface area contributed by atoms with Gasteiger partial charge in [0.05, 0.1) is 26.1 Å². The Hall–Kier alpha value is -3.54. The van der Waals surface area contributed by atoms with Gasteiger partial charge in [0, 0.05) is 12.2 Å². The van der Waals surface area contributed by atoms with Gasteiger partial charge in [-0.15, -0.1) is 0 Å². The van der Waals surface area contributed by atoms with E-state index >= 15 is 0 Å². The maximum Gasteiger partial charge on any atom is 0.263 e. The molecule has 1 amide bonds. The van der Waals surface area contributed by atoms with Crippen molar-refractivity contribution in [3.8, 4) is 11.5 Å². The predicted octanol–water partition coefficient (Wildman–Crippen LogP) is 4.05. The van der Waals surface area contributed by atoms with Gasteiger partial charge in [0.25, 0.3) is 5.91 Å². The number of aromatic nitrogens is 1. The van der Waals surface area contributed by atoms with Crippen LogP contribution in [0.1, 0.15) is 15.9 Å². The van der Waals surface area contributed by atoms with Crippen LogP contribution in [0, 0.1) is 0 Å². The first-order valence-electron chi connectivity index (χ1n) is 9.05. The monoisotopic (exact) mass is 375 g/mol. The SMILES string of the molecule is COc1cccc(OC)c1C(=O)Nc1ccc(N2CCc3ccccc32)nc1. The van der Waals surface area contributed by atoms with Gasteiger partial charge in [-0.3, -0.25) is 4.79 Å². The van der Waals surface area contributed by atoms with Crippen molar-refractivity contribution in [2.75, 3.05) is 31.0 Å². The Morgan fingerprint density at radius 1 is 1.00 bits per heavy atom. The van der Waals surface area contributed by atoms with Crippen molar-refractivity contribution in [2.45, 2.75) is 6.42 Å². The molecule has 1 N–H and O–H groups in total. The van der Waals surface area contributed by atoms with Crippen LogP contribution in [0.25, 0.3) is 0 Å². The lowest BCUT2D eigenvalue weighted by Crippen LogP contribution is -2.16. The normalized spacial score (nSPS) is 12.4. The van der Waals surface area contributed by atoms with E-state index in [0.29, 0.717) is 22.7 Å². The van der Waals surface area contributed by atoms with E-state index in [4.69, 9.17) is 9.47 Å². The molecule has 28 heavy (non-hydrogen) atoms. The van der Waals surface area contributed by atoms with Crippen molar-refractivity contribution < 1.29 is 14.3 Å². The summed E-state index contributed by atoms with van der Waals surface area (Å²) in [4.78, 5) is 19.5. The minimum atomic E-state index is -0.310. The van der Waals surface area contributed by atoms with E-state index in [9.17, 15) is 4.79 Å². The second-order valence-corrected chi connectivity index (χ2v) is 6.43. The largest absolute Gasteiger partial charge is 0.496 e. The van der Waals surface area contributed by atoms with Gasteiger partial charge in [-0.05, 0) is 42.3 Å². The van der Waals surface area contributed by atoms with Gasteiger partial charge in [-0.1, -0.05) is 24.3 Å². The fourth-order valence-corrected chi connectivity index (χ4v) is 3.46. The van der Waals surface area contributed by atoms with Crippen LogP contribution in [0.4, 0.5) is 17.2 Å². The highest BCUT2D eigenvalue weighted by molar-refractivity contribution is 6.08. The average Bonchev–Trinajstić information content (AvgIpc) is 3.17. The summed E-state index contributed by atoms with van der Waals surface area (Å²) in [7, 11) is 3.05. The highest BCUT2D eigenvalue weighted by atomic mass is 16.5. The van der Waals surface area contributed by atoms with Gasteiger partial charge in [0.15, 0.2) is 0 Å². The van der Waals surface area contributed by atoms with E-state index in [-0.39, 0.29) is 5.91 Å². The Kier molecular flexibility index (Phi) is 4.85. The van der Waals surface area contributed by atoms with Crippen LogP contribution < -0.4 is 19.7 Å². The van der Waals surface area contributed by atoms with E-state index < -0.39 is 0 Å². The van der Waals surface area contributed by atoms with E-state index in [1.807, 2.05) is 18.2 Å². The molecule has 0 atom stereocenters. The molecule has 142 valence electrons. The van der Waals surface area contributed by atoms with Crippen LogP contribution in [-0.4, -0.2) is 31.7 Å². The molecule has 0 radical (unpaired) electrons. The number of fused-ring (bicyclic) bond motifs is 1. The molecule has 0 saturated heterocycles. The smallest absolute Gasteiger partial charge is 0.263 e. The van der Waals surface area contributed by atoms with E-state index in [0.717, 1.165) is 18.8 Å². The first kappa shape index (κ1) is 17.9. The molecule has 1 aromatic heterocycles. The number of hydrogen-bond acceptors (Lipinski definition) is 5. The van der Waals surface area contributed by atoms with Crippen LogP contribution in [0.15, 0.2) is 60.8 Å². The standard InChI is InChI=1S/C22H21N3O3/c1-27-18-8-5-9-19(28-2)21(18)22(26)24-16-10-11-20(23-14-16)25-13-12-15-6-3-4-7-17(15)25/h3-11,14H,12-13H2,1-2H3,(H,24,26). The lowest BCUT2D eigenvalue weighted by molar-refractivity contribution is 0.102. The van der Waals surface area contributed by atoms with Crippen LogP contribution in [-0.2, 0) is 6.42 Å². The Labute approximate surface area is 163 Å². The van der Waals surface area contributed by atoms with Crippen molar-refractivity contribution in [3.63, 3.8) is 0 Å². The molecule has 0 unspecified atom stereocenters. The number of methoxy groups -OCH3 is 2. The summed E-state index contributed by atoms with van der Waals surface area (Å²) < 4.78 is 10.6. The van der Waals surface area contributed by atoms with E-state index in [1.165, 1.54) is 25.5 Å². The van der Waals surface area contributed by atoms with Gasteiger partial charge in [0.2, 0.25) is 0 Å². The molecule has 4 rings (SSSR count). The summed E-state index contributed by atoms with van der Waals surface area (Å²) >= 11 is 0. The first-order chi connectivity index (χ1) is 13.7. The zero-order valence-electron chi connectivity index (χ0n) is 15.8. The number of nitrogens with one attached hydrogen (secondary N) is 1. The Morgan fingerprint density at radius 2 is 1.75 bits per heavy atom. The van der Waals surface area contributed by atoms with Crippen molar-refractivity contribution in [2.24, 2.45) is 0 Å². The number of amides is 1. The highest BCUT2D eigenvalue weighted by Gasteiger charge is 2.21. The summed E-state index contributed by atoms with van der Waals surface area (Å²) in [5.74, 6) is 1.46. The summed E-state index contributed by atoms with van der Waals surface area (Å²) in [5, 5.41) is 2.86. The van der Waals surface area contributed by atoms with Crippen molar-refractivity contribution in [3.05, 3.63) is 71.9 Å². The average molecular weight is 375 g/mol. The van der Waals surface area contributed by atoms with Gasteiger partial charge >= 0.3 is 0 Å². The molecule has 0 saturated carbocycles. The molecule has 6 nitrogen and oxygen atoms in total. The Bertz CT molecular complexity index is 980. The third-order valence-corrected chi connectivity index (χ3v) is 4.82. The quantitative estimate of drug-likeness (QED) is 0.729. The zero-order chi connectivity index (χ0) is 19.5. The third kappa shape index (κ3) is 3.24. The van der Waals surface area contributed by atoms with Gasteiger partial charge in [-0.2, -0.15) is 0 Å². The molecular weight excluding hydrogens is 354 g/mol. The number of carbonyl (C=O) groups excluding carboxylic acids is 1. The molecule has 6 heteroatoms. The fourth-order valence-electron chi connectivity index (χ4n) is 3.46. The van der Waals surface area contributed by atoms with E-state index in [2.05, 4.69) is 33.4 Å². The topological polar surface area (TPSA) is 63.7 Å². The number of para-hydroxylation sites is 1. The number of pyridine rings is 1. The molecule has 0 spiro atoms. The Morgan fingerprint density at radius 3 is 2.43 bits per heavy atom. The third-order valence-electron chi connectivity index (χ3n) is 4.82. The van der Waals surface area contributed by atoms with Crippen molar-refractivity contribution in [1.82, 2.24) is 4.98 Å². The molecular formula is C22H21N3O3. The van der Waals surface area contributed by atoms with Crippen LogP contribution in [0.3, 0.4) is 0 Å². The number of rotatable bonds is 5. The number of nitrogens with zero attached hydrogens (tertiary/aromatic N) is 2. The fraction of sp³-hybridized carbons (Fsp3) is 0.182. The molecule has 0 fully saturated rings. The first-order valence-corrected chi connectivity index (χ1v) is 9.05. The van der Waals surface area contributed by atoms with Crippen molar-refractivity contribution in [1.29, 1.82) is 0 Å². The van der Waals surface area contributed by atoms with Crippen molar-refractivity contribution >= 4 is 23.1 Å².